The summed E-state index contributed by atoms with van der Waals surface area (Å²) in [6, 6.07) is 3.41. The Morgan fingerprint density at radius 1 is 0.953 bits per heavy atom. The second-order valence-corrected chi connectivity index (χ2v) is 16.9. The number of carbonyl (C=O) groups excluding carboxylic acids is 1. The largest absolute Gasteiger partial charge is 0.460 e. The normalized spacial score (nSPS) is 45.1. The van der Waals surface area contributed by atoms with Crippen LogP contribution in [0.2, 0.25) is 0 Å². The monoisotopic (exact) mass is 598 g/mol. The molecule has 5 aliphatic rings. The molecular formula is C37H52F2O4. The van der Waals surface area contributed by atoms with E-state index in [-0.39, 0.29) is 58.2 Å². The molecule has 0 heterocycles. The first kappa shape index (κ1) is 31.2. The number of ether oxygens (including phenoxy) is 1. The number of rotatable bonds is 4. The molecule has 4 fully saturated rings. The molecule has 5 aliphatic carbocycles. The maximum Gasteiger partial charge on any atom is 0.313 e. The number of esters is 1. The third-order valence-corrected chi connectivity index (χ3v) is 14.5. The molecule has 2 N–H and O–H groups in total. The van der Waals surface area contributed by atoms with Crippen LogP contribution in [0.3, 0.4) is 0 Å². The van der Waals surface area contributed by atoms with Crippen molar-refractivity contribution in [3.63, 3.8) is 0 Å². The number of fused-ring (bicyclic) bond motifs is 7. The molecule has 0 amide bonds. The molecule has 6 rings (SSSR count). The Morgan fingerprint density at radius 2 is 1.67 bits per heavy atom. The van der Waals surface area contributed by atoms with E-state index in [1.165, 1.54) is 17.7 Å². The highest BCUT2D eigenvalue weighted by Gasteiger charge is 2.69. The second kappa shape index (κ2) is 10.1. The molecule has 43 heavy (non-hydrogen) atoms. The predicted octanol–water partition coefficient (Wildman–Crippen LogP) is 8.14. The minimum Gasteiger partial charge on any atom is -0.460 e. The molecule has 0 bridgehead atoms. The van der Waals surface area contributed by atoms with Crippen LogP contribution in [0.4, 0.5) is 8.78 Å². The van der Waals surface area contributed by atoms with Gasteiger partial charge in [-0.3, -0.25) is 4.79 Å². The summed E-state index contributed by atoms with van der Waals surface area (Å²) in [6.45, 7) is 13.9. The zero-order valence-corrected chi connectivity index (χ0v) is 27.1. The Labute approximate surface area is 256 Å². The van der Waals surface area contributed by atoms with Crippen molar-refractivity contribution in [3.8, 4) is 0 Å². The number of hydrogen-bond donors (Lipinski definition) is 2. The van der Waals surface area contributed by atoms with Gasteiger partial charge in [0.2, 0.25) is 0 Å². The van der Waals surface area contributed by atoms with Gasteiger partial charge >= 0.3 is 5.97 Å². The van der Waals surface area contributed by atoms with E-state index in [4.69, 9.17) is 4.74 Å². The van der Waals surface area contributed by atoms with Crippen LogP contribution in [0.5, 0.6) is 0 Å². The van der Waals surface area contributed by atoms with Crippen molar-refractivity contribution in [2.45, 2.75) is 118 Å². The summed E-state index contributed by atoms with van der Waals surface area (Å²) >= 11 is 0. The van der Waals surface area contributed by atoms with Crippen molar-refractivity contribution in [1.82, 2.24) is 0 Å². The number of aliphatic hydroxyl groups is 2. The van der Waals surface area contributed by atoms with Crippen molar-refractivity contribution in [3.05, 3.63) is 47.0 Å². The van der Waals surface area contributed by atoms with E-state index in [1.54, 1.807) is 0 Å². The SMILES string of the molecule is CC1(C)CC[C@]2(C(=O)OCc3ccc(F)cc3F)CC[C@]3(C)C(=CC[C@@H]4[C@@]5(C)CC[C@H](O)[C@@](C)(CO)[C@@H]5CC[C@]43C)[C@@H]2C1. The third-order valence-electron chi connectivity index (χ3n) is 14.5. The molecule has 0 aliphatic heterocycles. The van der Waals surface area contributed by atoms with Gasteiger partial charge in [0.05, 0.1) is 18.1 Å². The molecule has 238 valence electrons. The Hall–Kier alpha value is -1.79. The van der Waals surface area contributed by atoms with Gasteiger partial charge in [0, 0.05) is 17.0 Å². The Kier molecular flexibility index (Phi) is 7.33. The number of allylic oxidation sites excluding steroid dienone is 2. The standard InChI is InChI=1S/C37H52F2O4/c1-32(2)15-17-37(31(42)43-21-23-7-8-24(38)19-27(23)39)18-16-35(5)25(26(37)20-32)9-10-29-33(3)13-12-30(41)34(4,22-40)28(33)11-14-36(29,35)6/h7-9,19,26,28-30,40-41H,10-18,20-22H2,1-6H3/t26-,28+,29+,30-,33-,34-,35+,36+,37-/m0/s1. The predicted molar refractivity (Wildman–Crippen MR) is 163 cm³/mol. The van der Waals surface area contributed by atoms with Gasteiger partial charge in [-0.05, 0) is 116 Å². The number of hydrogen-bond acceptors (Lipinski definition) is 4. The van der Waals surface area contributed by atoms with Crippen LogP contribution < -0.4 is 0 Å². The minimum absolute atomic E-state index is 0.0137. The molecule has 0 spiro atoms. The second-order valence-electron chi connectivity index (χ2n) is 16.9. The number of benzene rings is 1. The Bertz CT molecular complexity index is 1320. The van der Waals surface area contributed by atoms with Crippen LogP contribution in [-0.4, -0.2) is 28.9 Å². The van der Waals surface area contributed by atoms with Gasteiger partial charge in [-0.1, -0.05) is 53.2 Å². The molecule has 6 heteroatoms. The van der Waals surface area contributed by atoms with Gasteiger partial charge < -0.3 is 14.9 Å². The van der Waals surface area contributed by atoms with Crippen LogP contribution in [0.15, 0.2) is 29.8 Å². The van der Waals surface area contributed by atoms with E-state index in [0.29, 0.717) is 5.92 Å². The maximum atomic E-state index is 14.4. The van der Waals surface area contributed by atoms with Gasteiger partial charge in [0.1, 0.15) is 18.2 Å². The summed E-state index contributed by atoms with van der Waals surface area (Å²) in [7, 11) is 0. The van der Waals surface area contributed by atoms with E-state index in [0.717, 1.165) is 70.3 Å². The van der Waals surface area contributed by atoms with Crippen molar-refractivity contribution in [1.29, 1.82) is 0 Å². The lowest BCUT2D eigenvalue weighted by molar-refractivity contribution is -0.217. The van der Waals surface area contributed by atoms with Crippen molar-refractivity contribution in [2.24, 2.45) is 50.2 Å². The zero-order chi connectivity index (χ0) is 31.2. The van der Waals surface area contributed by atoms with Gasteiger partial charge in [0.25, 0.3) is 0 Å². The van der Waals surface area contributed by atoms with Crippen LogP contribution in [0, 0.1) is 61.9 Å². The van der Waals surface area contributed by atoms with E-state index in [9.17, 15) is 23.8 Å². The average Bonchev–Trinajstić information content (AvgIpc) is 2.94. The molecule has 0 unspecified atom stereocenters. The summed E-state index contributed by atoms with van der Waals surface area (Å²) in [4.78, 5) is 14.1. The molecule has 4 saturated carbocycles. The molecule has 9 atom stereocenters. The molecule has 1 aromatic carbocycles. The summed E-state index contributed by atoms with van der Waals surface area (Å²) in [5, 5.41) is 21.6. The third kappa shape index (κ3) is 4.35. The van der Waals surface area contributed by atoms with Crippen LogP contribution in [-0.2, 0) is 16.1 Å². The first-order valence-corrected chi connectivity index (χ1v) is 16.7. The Balaban J connectivity index is 1.35. The van der Waals surface area contributed by atoms with Crippen molar-refractivity contribution < 1.29 is 28.5 Å². The molecular weight excluding hydrogens is 546 g/mol. The van der Waals surface area contributed by atoms with Crippen LogP contribution >= 0.6 is 0 Å². The van der Waals surface area contributed by atoms with Crippen molar-refractivity contribution in [2.75, 3.05) is 6.61 Å². The van der Waals surface area contributed by atoms with E-state index >= 15 is 0 Å². The van der Waals surface area contributed by atoms with Crippen LogP contribution in [0.25, 0.3) is 0 Å². The first-order valence-electron chi connectivity index (χ1n) is 16.7. The fourth-order valence-corrected chi connectivity index (χ4v) is 11.6. The molecule has 1 aromatic rings. The summed E-state index contributed by atoms with van der Waals surface area (Å²) in [5.41, 5.74) is 0.598. The van der Waals surface area contributed by atoms with Gasteiger partial charge in [-0.15, -0.1) is 0 Å². The van der Waals surface area contributed by atoms with E-state index < -0.39 is 28.6 Å². The number of aliphatic hydroxyl groups excluding tert-OH is 2. The highest BCUT2D eigenvalue weighted by molar-refractivity contribution is 5.79. The fourth-order valence-electron chi connectivity index (χ4n) is 11.6. The topological polar surface area (TPSA) is 66.8 Å². The van der Waals surface area contributed by atoms with E-state index in [1.807, 2.05) is 0 Å². The average molecular weight is 599 g/mol. The summed E-state index contributed by atoms with van der Waals surface area (Å²) in [5.74, 6) is -0.792. The first-order chi connectivity index (χ1) is 20.1. The smallest absolute Gasteiger partial charge is 0.313 e. The number of halogens is 2. The lowest BCUT2D eigenvalue weighted by Gasteiger charge is -2.71. The van der Waals surface area contributed by atoms with Gasteiger partial charge in [-0.2, -0.15) is 0 Å². The fraction of sp³-hybridized carbons (Fsp3) is 0.757. The minimum atomic E-state index is -0.687. The van der Waals surface area contributed by atoms with Crippen LogP contribution in [0.1, 0.15) is 111 Å². The lowest BCUT2D eigenvalue weighted by atomic mass is 9.33. The maximum absolute atomic E-state index is 14.4. The summed E-state index contributed by atoms with van der Waals surface area (Å²) in [6.07, 6.45) is 11.0. The van der Waals surface area contributed by atoms with Gasteiger partial charge in [-0.25, -0.2) is 8.78 Å². The molecule has 0 radical (unpaired) electrons. The highest BCUT2D eigenvalue weighted by atomic mass is 19.1. The molecule has 0 saturated heterocycles. The quantitative estimate of drug-likeness (QED) is 0.271. The lowest BCUT2D eigenvalue weighted by Crippen LogP contribution is -2.66. The zero-order valence-electron chi connectivity index (χ0n) is 27.1. The molecule has 0 aromatic heterocycles. The van der Waals surface area contributed by atoms with E-state index in [2.05, 4.69) is 47.6 Å². The highest BCUT2D eigenvalue weighted by Crippen LogP contribution is 2.75. The Morgan fingerprint density at radius 3 is 2.37 bits per heavy atom. The van der Waals surface area contributed by atoms with Crippen molar-refractivity contribution >= 4 is 5.97 Å². The van der Waals surface area contributed by atoms with Gasteiger partial charge in [0.15, 0.2) is 0 Å². The molecule has 4 nitrogen and oxygen atoms in total. The number of carbonyl (C=O) groups is 1. The summed E-state index contributed by atoms with van der Waals surface area (Å²) < 4.78 is 33.8.